The molecule has 0 fully saturated rings. The topological polar surface area (TPSA) is 50.4 Å². The van der Waals surface area contributed by atoms with Crippen molar-refractivity contribution in [3.05, 3.63) is 71.3 Å². The molecule has 0 aliphatic rings. The van der Waals surface area contributed by atoms with Crippen molar-refractivity contribution in [2.24, 2.45) is 0 Å². The highest BCUT2D eigenvalue weighted by Gasteiger charge is 2.07. The summed E-state index contributed by atoms with van der Waals surface area (Å²) in [4.78, 5) is 11.9. The van der Waals surface area contributed by atoms with Crippen molar-refractivity contribution in [1.82, 2.24) is 10.9 Å². The molecule has 4 nitrogen and oxygen atoms in total. The van der Waals surface area contributed by atoms with Crippen LogP contribution < -0.4 is 15.6 Å². The molecular weight excluding hydrogens is 326 g/mol. The predicted molar refractivity (Wildman–Crippen MR) is 84.2 cm³/mol. The third-order valence-electron chi connectivity index (χ3n) is 2.86. The lowest BCUT2D eigenvalue weighted by molar-refractivity contribution is -0.0498. The summed E-state index contributed by atoms with van der Waals surface area (Å²) in [6.45, 7) is 0.885. The molecule has 0 atom stereocenters. The molecule has 0 aliphatic carbocycles. The number of alkyl halides is 2. The molecule has 0 radical (unpaired) electrons. The van der Waals surface area contributed by atoms with Crippen LogP contribution in [0.15, 0.2) is 55.1 Å². The van der Waals surface area contributed by atoms with E-state index in [0.29, 0.717) is 21.8 Å². The Morgan fingerprint density at radius 3 is 2.13 bits per heavy atom. The summed E-state index contributed by atoms with van der Waals surface area (Å²) < 4.78 is 28.4. The van der Waals surface area contributed by atoms with Crippen LogP contribution in [0.1, 0.15) is 15.9 Å². The number of hydrogen-bond donors (Lipinski definition) is 2. The molecule has 0 spiro atoms. The zero-order chi connectivity index (χ0) is 16.8. The standard InChI is InChI=1S/C16H13ClF2N2O2/c1-10(11-4-8-14(9-5-11)23-16(18)19)20-21-15(22)12-2-6-13(17)7-3-12/h2-9,16,20H,1H2,(H,21,22). The Bertz CT molecular complexity index is 688. The highest BCUT2D eigenvalue weighted by molar-refractivity contribution is 6.30. The second-order valence-corrected chi connectivity index (χ2v) is 4.90. The number of nitrogens with one attached hydrogen (secondary N) is 2. The summed E-state index contributed by atoms with van der Waals surface area (Å²) in [5.74, 6) is -0.317. The predicted octanol–water partition coefficient (Wildman–Crippen LogP) is 3.85. The summed E-state index contributed by atoms with van der Waals surface area (Å²) in [6.07, 6.45) is 0. The van der Waals surface area contributed by atoms with Gasteiger partial charge in [0.25, 0.3) is 5.91 Å². The first kappa shape index (κ1) is 16.8. The minimum atomic E-state index is -2.87. The molecule has 7 heteroatoms. The normalized spacial score (nSPS) is 10.3. The van der Waals surface area contributed by atoms with Gasteiger partial charge in [0.15, 0.2) is 0 Å². The van der Waals surface area contributed by atoms with Crippen LogP contribution in [0.2, 0.25) is 5.02 Å². The van der Waals surface area contributed by atoms with Crippen LogP contribution in [0.25, 0.3) is 5.70 Å². The van der Waals surface area contributed by atoms with E-state index in [9.17, 15) is 13.6 Å². The van der Waals surface area contributed by atoms with Gasteiger partial charge in [0.2, 0.25) is 0 Å². The number of benzene rings is 2. The van der Waals surface area contributed by atoms with E-state index in [1.807, 2.05) is 0 Å². The monoisotopic (exact) mass is 338 g/mol. The van der Waals surface area contributed by atoms with E-state index in [4.69, 9.17) is 11.6 Å². The van der Waals surface area contributed by atoms with Crippen LogP contribution in [0.4, 0.5) is 8.78 Å². The minimum absolute atomic E-state index is 0.0433. The maximum atomic E-state index is 12.1. The minimum Gasteiger partial charge on any atom is -0.435 e. The van der Waals surface area contributed by atoms with Crippen molar-refractivity contribution in [2.45, 2.75) is 6.61 Å². The van der Waals surface area contributed by atoms with E-state index in [1.165, 1.54) is 12.1 Å². The molecule has 0 unspecified atom stereocenters. The fourth-order valence-corrected chi connectivity index (χ4v) is 1.84. The molecule has 23 heavy (non-hydrogen) atoms. The fourth-order valence-electron chi connectivity index (χ4n) is 1.72. The van der Waals surface area contributed by atoms with Gasteiger partial charge in [-0.1, -0.05) is 18.2 Å². The number of carbonyl (C=O) groups is 1. The first-order valence-electron chi connectivity index (χ1n) is 6.52. The van der Waals surface area contributed by atoms with Gasteiger partial charge in [-0.15, -0.1) is 0 Å². The lowest BCUT2D eigenvalue weighted by Gasteiger charge is -2.12. The molecule has 0 saturated heterocycles. The second kappa shape index (κ2) is 7.60. The van der Waals surface area contributed by atoms with Gasteiger partial charge in [0.05, 0.1) is 5.70 Å². The van der Waals surface area contributed by atoms with Crippen LogP contribution in [0.3, 0.4) is 0 Å². The maximum Gasteiger partial charge on any atom is 0.387 e. The molecule has 0 saturated carbocycles. The smallest absolute Gasteiger partial charge is 0.387 e. The van der Waals surface area contributed by atoms with Crippen molar-refractivity contribution in [1.29, 1.82) is 0 Å². The summed E-state index contributed by atoms with van der Waals surface area (Å²) in [7, 11) is 0. The number of carbonyl (C=O) groups excluding carboxylic acids is 1. The molecule has 2 N–H and O–H groups in total. The largest absolute Gasteiger partial charge is 0.435 e. The molecule has 0 aromatic heterocycles. The summed E-state index contributed by atoms with van der Waals surface area (Å²) >= 11 is 5.75. The quantitative estimate of drug-likeness (QED) is 0.787. The van der Waals surface area contributed by atoms with Gasteiger partial charge >= 0.3 is 6.61 Å². The van der Waals surface area contributed by atoms with Crippen LogP contribution >= 0.6 is 11.6 Å². The zero-order valence-electron chi connectivity index (χ0n) is 11.9. The van der Waals surface area contributed by atoms with Gasteiger partial charge in [0, 0.05) is 10.6 Å². The molecule has 120 valence electrons. The van der Waals surface area contributed by atoms with Crippen LogP contribution in [-0.4, -0.2) is 12.5 Å². The average Bonchev–Trinajstić information content (AvgIpc) is 2.53. The van der Waals surface area contributed by atoms with Crippen molar-refractivity contribution >= 4 is 23.2 Å². The molecule has 1 amide bonds. The molecule has 0 heterocycles. The van der Waals surface area contributed by atoms with Crippen molar-refractivity contribution < 1.29 is 18.3 Å². The number of halogens is 3. The number of rotatable bonds is 6. The first-order chi connectivity index (χ1) is 11.0. The summed E-state index contributed by atoms with van der Waals surface area (Å²) in [5, 5.41) is 0.532. The molecule has 2 aromatic carbocycles. The number of ether oxygens (including phenoxy) is 1. The van der Waals surface area contributed by atoms with Gasteiger partial charge in [-0.05, 0) is 54.1 Å². The third kappa shape index (κ3) is 4.96. The lowest BCUT2D eigenvalue weighted by atomic mass is 10.2. The number of hydrogen-bond acceptors (Lipinski definition) is 3. The third-order valence-corrected chi connectivity index (χ3v) is 3.11. The molecule has 0 bridgehead atoms. The SMILES string of the molecule is C=C(NNC(=O)c1ccc(Cl)cc1)c1ccc(OC(F)F)cc1. The highest BCUT2D eigenvalue weighted by Crippen LogP contribution is 2.17. The van der Waals surface area contributed by atoms with E-state index < -0.39 is 6.61 Å². The average molecular weight is 339 g/mol. The fraction of sp³-hybridized carbons (Fsp3) is 0.0625. The Kier molecular flexibility index (Phi) is 5.54. The zero-order valence-corrected chi connectivity index (χ0v) is 12.6. The van der Waals surface area contributed by atoms with E-state index in [1.54, 1.807) is 36.4 Å². The van der Waals surface area contributed by atoms with Gasteiger partial charge < -0.3 is 4.74 Å². The maximum absolute atomic E-state index is 12.1. The van der Waals surface area contributed by atoms with Crippen LogP contribution in [0.5, 0.6) is 5.75 Å². The van der Waals surface area contributed by atoms with Crippen molar-refractivity contribution in [3.63, 3.8) is 0 Å². The van der Waals surface area contributed by atoms with Gasteiger partial charge in [-0.3, -0.25) is 15.6 Å². The Morgan fingerprint density at radius 1 is 1.00 bits per heavy atom. The van der Waals surface area contributed by atoms with Crippen LogP contribution in [-0.2, 0) is 0 Å². The Balaban J connectivity index is 1.91. The first-order valence-corrected chi connectivity index (χ1v) is 6.89. The van der Waals surface area contributed by atoms with E-state index in [0.717, 1.165) is 0 Å². The van der Waals surface area contributed by atoms with Crippen molar-refractivity contribution in [2.75, 3.05) is 0 Å². The Labute approximate surface area is 136 Å². The second-order valence-electron chi connectivity index (χ2n) is 4.47. The highest BCUT2D eigenvalue weighted by atomic mass is 35.5. The molecule has 2 rings (SSSR count). The van der Waals surface area contributed by atoms with Gasteiger partial charge in [-0.2, -0.15) is 8.78 Å². The van der Waals surface area contributed by atoms with Crippen LogP contribution in [0, 0.1) is 0 Å². The van der Waals surface area contributed by atoms with Gasteiger partial charge in [-0.25, -0.2) is 0 Å². The van der Waals surface area contributed by atoms with E-state index >= 15 is 0 Å². The van der Waals surface area contributed by atoms with E-state index in [-0.39, 0.29) is 11.7 Å². The number of hydrazine groups is 1. The summed E-state index contributed by atoms with van der Waals surface area (Å²) in [5.41, 5.74) is 6.58. The van der Waals surface area contributed by atoms with Gasteiger partial charge in [0.1, 0.15) is 5.75 Å². The van der Waals surface area contributed by atoms with E-state index in [2.05, 4.69) is 22.2 Å². The number of amides is 1. The van der Waals surface area contributed by atoms with Crippen molar-refractivity contribution in [3.8, 4) is 5.75 Å². The lowest BCUT2D eigenvalue weighted by Crippen LogP contribution is -2.35. The summed E-state index contributed by atoms with van der Waals surface area (Å²) in [6, 6.07) is 12.2. The molecular formula is C16H13ClF2N2O2. The Morgan fingerprint density at radius 2 is 1.57 bits per heavy atom. The molecule has 2 aromatic rings. The Hall–Kier alpha value is -2.60. The molecule has 0 aliphatic heterocycles.